The molecule has 0 radical (unpaired) electrons. The highest BCUT2D eigenvalue weighted by atomic mass is 16.4. The van der Waals surface area contributed by atoms with Crippen LogP contribution in [0.5, 0.6) is 0 Å². The average Bonchev–Trinajstić information content (AvgIpc) is 1.76. The number of aromatic nitrogens is 10. The van der Waals surface area contributed by atoms with Crippen LogP contribution in [0.25, 0.3) is 167 Å². The molecule has 0 fully saturated rings. The number of benzene rings is 5. The second kappa shape index (κ2) is 38.3. The Labute approximate surface area is 812 Å². The summed E-state index contributed by atoms with van der Waals surface area (Å²) < 4.78 is 173. The standard InChI is InChI=1S/4C24H27N2O.C23H25N2O/c4*1-7-17-12-21(26(6)13-20(17)14(2)3)22-15(4)8-10-18-19-11-9-16(5)25-24(19)27-23(18)22;1-6-16-12-20(25(5)13-19(16)14(2)3)21-15(4)9-10-17-18-8-7-11-24-23(18)26-22(17)21/h4*8-14H,7H2,1-6H3;7-14H,6H2,1-5H3/q5*+1/i2*2D3,7D2,14D;7D2;;6D2. The molecule has 0 spiro atoms. The van der Waals surface area contributed by atoms with E-state index in [1.165, 1.54) is 50.1 Å². The van der Waals surface area contributed by atoms with Gasteiger partial charge in [0.1, 0.15) is 35.2 Å². The largest absolute Gasteiger partial charge is 0.437 e. The molecule has 15 heterocycles. The zero-order chi connectivity index (χ0) is 110. The van der Waals surface area contributed by atoms with Crippen LogP contribution in [0.15, 0.2) is 211 Å². The van der Waals surface area contributed by atoms with E-state index in [9.17, 15) is 0 Å². The fourth-order valence-electron chi connectivity index (χ4n) is 18.8. The van der Waals surface area contributed by atoms with Crippen molar-refractivity contribution in [3.8, 4) is 56.3 Å². The lowest BCUT2D eigenvalue weighted by Crippen LogP contribution is -2.32. The van der Waals surface area contributed by atoms with E-state index in [0.717, 1.165) is 184 Å². The van der Waals surface area contributed by atoms with Gasteiger partial charge in [0.2, 0.25) is 57.0 Å². The maximum absolute atomic E-state index is 8.61. The number of hydrogen-bond acceptors (Lipinski definition) is 10. The molecule has 20 aromatic rings. The van der Waals surface area contributed by atoms with Crippen LogP contribution in [0.2, 0.25) is 0 Å². The first-order valence-corrected chi connectivity index (χ1v) is 46.1. The zero-order valence-corrected chi connectivity index (χ0v) is 82.4. The van der Waals surface area contributed by atoms with Crippen LogP contribution in [0, 0.1) is 62.3 Å². The quantitative estimate of drug-likeness (QED) is 0.0908. The molecule has 15 heteroatoms. The molecule has 0 aliphatic heterocycles. The third-order valence-electron chi connectivity index (χ3n) is 26.0. The molecule has 2 atom stereocenters. The molecular weight excluding hydrogens is 1650 g/mol. The number of furan rings is 5. The van der Waals surface area contributed by atoms with Gasteiger partial charge < -0.3 is 22.1 Å². The van der Waals surface area contributed by atoms with Gasteiger partial charge in [0.25, 0.3) is 0 Å². The van der Waals surface area contributed by atoms with Crippen molar-refractivity contribution in [3.05, 3.63) is 295 Å². The van der Waals surface area contributed by atoms with Gasteiger partial charge in [-0.05, 0) is 240 Å². The summed E-state index contributed by atoms with van der Waals surface area (Å²) in [6.07, 6.45) is 5.69. The van der Waals surface area contributed by atoms with Gasteiger partial charge in [0, 0.05) is 163 Å². The summed E-state index contributed by atoms with van der Waals surface area (Å²) in [5, 5.41) is 9.84. The number of hydrogen-bond donors (Lipinski definition) is 0. The third-order valence-corrected chi connectivity index (χ3v) is 26.0. The van der Waals surface area contributed by atoms with Crippen molar-refractivity contribution in [1.29, 1.82) is 0 Å². The Bertz CT molecular complexity index is 8540. The van der Waals surface area contributed by atoms with Crippen molar-refractivity contribution in [2.45, 2.75) is 227 Å². The van der Waals surface area contributed by atoms with Crippen LogP contribution in [-0.2, 0) is 67.2 Å². The lowest BCUT2D eigenvalue weighted by Gasteiger charge is -2.13. The normalized spacial score (nSPS) is 15.1. The highest BCUT2D eigenvalue weighted by Gasteiger charge is 2.31. The van der Waals surface area contributed by atoms with Gasteiger partial charge in [-0.25, -0.2) is 47.8 Å². The maximum Gasteiger partial charge on any atom is 0.227 e. The van der Waals surface area contributed by atoms with E-state index in [0.29, 0.717) is 57.0 Å². The Morgan fingerprint density at radius 2 is 0.515 bits per heavy atom. The summed E-state index contributed by atoms with van der Waals surface area (Å²) in [4.78, 5) is 22.5. The predicted molar refractivity (Wildman–Crippen MR) is 551 cm³/mol. The van der Waals surface area contributed by atoms with Crippen molar-refractivity contribution in [2.24, 2.45) is 35.2 Å². The van der Waals surface area contributed by atoms with Gasteiger partial charge in [-0.3, -0.25) is 0 Å². The first kappa shape index (κ1) is 75.1. The van der Waals surface area contributed by atoms with Crippen LogP contribution >= 0.6 is 0 Å². The molecule has 0 aliphatic carbocycles. The van der Waals surface area contributed by atoms with Crippen LogP contribution < -0.4 is 22.8 Å². The molecule has 0 saturated carbocycles. The van der Waals surface area contributed by atoms with E-state index in [2.05, 4.69) is 188 Å². The minimum Gasteiger partial charge on any atom is -0.437 e. The molecule has 2 unspecified atom stereocenters. The summed E-state index contributed by atoms with van der Waals surface area (Å²) in [6.45, 7) is 36.5. The fourth-order valence-corrected chi connectivity index (χ4v) is 18.8. The molecule has 134 heavy (non-hydrogen) atoms. The molecule has 15 aromatic heterocycles. The topological polar surface area (TPSA) is 150 Å². The van der Waals surface area contributed by atoms with E-state index in [1.54, 1.807) is 67.8 Å². The predicted octanol–water partition coefficient (Wildman–Crippen LogP) is 28.6. The average molecular weight is 1800 g/mol. The fraction of sp³-hybridized carbons (Fsp3) is 0.328. The van der Waals surface area contributed by atoms with E-state index in [-0.39, 0.29) is 34.1 Å². The summed E-state index contributed by atoms with van der Waals surface area (Å²) in [5.74, 6) is -2.99. The third kappa shape index (κ3) is 17.7. The molecule has 15 nitrogen and oxygen atoms in total. The minimum atomic E-state index is -2.63. The number of rotatable bonds is 15. The first-order valence-electron chi connectivity index (χ1n) is 54.1. The monoisotopic (exact) mass is 1800 g/mol. The van der Waals surface area contributed by atoms with Crippen molar-refractivity contribution in [1.82, 2.24) is 24.9 Å². The highest BCUT2D eigenvalue weighted by Crippen LogP contribution is 2.45. The number of aryl methyl sites for hydroxylation is 19. The van der Waals surface area contributed by atoms with Crippen LogP contribution in [-0.4, -0.2) is 24.9 Å². The SMILES string of the molecule is CCc1cc(-c2c(C)ccc3c2oc2nc(C)ccc23)[n+](C)cc1C(C)C.[2H]C([2H])(C)c1cc(-c2c(C)ccc3c2oc2nc(C)ccc23)[n+](C)cc1C(C)C.[2H]C([2H])(C)c1cc(-c2c(C)ccc3c2oc2nc(C)ccc23)[n+](C)cc1C([2H])(C)C([2H])([2H])[2H].[2H]C([2H])(C)c1cc(-c2c(C)ccc3c2oc2nc(C)ccc23)[n+](C)cc1C([2H])(C)C([2H])([2H])[2H].[2H]C([2H])(C)c1cc(-c2c(C)ccc3c2oc2ncccc23)[n+](C)cc1C(C)C. The molecule has 0 aliphatic rings. The molecule has 5 aromatic carbocycles. The lowest BCUT2D eigenvalue weighted by molar-refractivity contribution is -0.661. The summed E-state index contributed by atoms with van der Waals surface area (Å²) in [5.41, 5.74) is 31.7. The Balaban J connectivity index is 0.000000134. The number of nitrogens with zero attached hydrogens (tertiary/aromatic N) is 10. The lowest BCUT2D eigenvalue weighted by atomic mass is 9.94. The first-order chi connectivity index (χ1) is 69.9. The smallest absolute Gasteiger partial charge is 0.227 e. The summed E-state index contributed by atoms with van der Waals surface area (Å²) >= 11 is 0. The maximum atomic E-state index is 8.61. The van der Waals surface area contributed by atoms with Gasteiger partial charge in [-0.2, -0.15) is 0 Å². The Morgan fingerprint density at radius 1 is 0.291 bits per heavy atom. The molecule has 0 bridgehead atoms. The van der Waals surface area contributed by atoms with E-state index in [4.69, 9.17) is 44.0 Å². The van der Waals surface area contributed by atoms with Gasteiger partial charge in [0.15, 0.2) is 58.9 Å². The van der Waals surface area contributed by atoms with E-state index < -0.39 is 51.0 Å². The van der Waals surface area contributed by atoms with E-state index >= 15 is 0 Å². The Kier molecular flexibility index (Phi) is 21.4. The van der Waals surface area contributed by atoms with Crippen LogP contribution in [0.3, 0.4) is 0 Å². The summed E-state index contributed by atoms with van der Waals surface area (Å²) in [6, 6.07) is 50.2. The van der Waals surface area contributed by atoms with Crippen LogP contribution in [0.1, 0.15) is 261 Å². The summed E-state index contributed by atoms with van der Waals surface area (Å²) in [7, 11) is 9.69. The molecule has 0 N–H and O–H groups in total. The molecular formula is C119H133N10O5+5. The van der Waals surface area contributed by atoms with Crippen molar-refractivity contribution in [2.75, 3.05) is 0 Å². The Hall–Kier alpha value is -13.4. The zero-order valence-electron chi connectivity index (χ0n) is 98.4. The Morgan fingerprint density at radius 3 is 0.761 bits per heavy atom. The highest BCUT2D eigenvalue weighted by molar-refractivity contribution is 6.13. The van der Waals surface area contributed by atoms with Crippen molar-refractivity contribution < 1.29 is 66.9 Å². The van der Waals surface area contributed by atoms with E-state index in [1.807, 2.05) is 141 Å². The number of pyridine rings is 10. The number of fused-ring (bicyclic) bond motifs is 15. The second-order valence-corrected chi connectivity index (χ2v) is 36.5. The second-order valence-electron chi connectivity index (χ2n) is 36.5. The molecule has 20 rings (SSSR count). The van der Waals surface area contributed by atoms with Gasteiger partial charge >= 0.3 is 0 Å². The van der Waals surface area contributed by atoms with Crippen molar-refractivity contribution in [3.63, 3.8) is 0 Å². The van der Waals surface area contributed by atoms with Gasteiger partial charge in [0.05, 0.1) is 27.8 Å². The van der Waals surface area contributed by atoms with Gasteiger partial charge in [-0.15, -0.1) is 0 Å². The molecule has 0 amide bonds. The van der Waals surface area contributed by atoms with Crippen LogP contribution in [0.4, 0.5) is 0 Å². The van der Waals surface area contributed by atoms with Gasteiger partial charge in [-0.1, -0.05) is 164 Å². The minimum absolute atomic E-state index is 0.132. The molecule has 684 valence electrons. The molecule has 0 saturated heterocycles. The van der Waals surface area contributed by atoms with Crippen molar-refractivity contribution >= 4 is 110 Å².